The number of aryl methyl sites for hydroxylation is 2. The molecule has 112 valence electrons. The van der Waals surface area contributed by atoms with Gasteiger partial charge in [-0.25, -0.2) is 0 Å². The van der Waals surface area contributed by atoms with Crippen LogP contribution in [0.4, 0.5) is 0 Å². The summed E-state index contributed by atoms with van der Waals surface area (Å²) in [5.41, 5.74) is 1.35. The zero-order valence-corrected chi connectivity index (χ0v) is 12.6. The second-order valence-corrected chi connectivity index (χ2v) is 5.75. The molecular formula is C19H24O2. The average Bonchev–Trinajstić information content (AvgIpc) is 2.53. The topological polar surface area (TPSA) is 40.5 Å². The Kier molecular flexibility index (Phi) is 5.54. The van der Waals surface area contributed by atoms with Crippen molar-refractivity contribution in [2.45, 2.75) is 44.3 Å². The van der Waals surface area contributed by atoms with Gasteiger partial charge >= 0.3 is 0 Å². The minimum atomic E-state index is -1.04. The molecule has 0 aliphatic heterocycles. The van der Waals surface area contributed by atoms with Crippen LogP contribution in [0.3, 0.4) is 0 Å². The summed E-state index contributed by atoms with van der Waals surface area (Å²) in [5.74, 6) is 0. The largest absolute Gasteiger partial charge is 0.390 e. The van der Waals surface area contributed by atoms with E-state index in [0.717, 1.165) is 12.8 Å². The highest BCUT2D eigenvalue weighted by Gasteiger charge is 2.31. The Morgan fingerprint density at radius 2 is 1.19 bits per heavy atom. The number of hydrogen-bond donors (Lipinski definition) is 2. The molecule has 2 aromatic carbocycles. The molecule has 0 saturated carbocycles. The second-order valence-electron chi connectivity index (χ2n) is 5.75. The van der Waals surface area contributed by atoms with Gasteiger partial charge in [-0.2, -0.15) is 0 Å². The van der Waals surface area contributed by atoms with Gasteiger partial charge in [0.05, 0.1) is 11.7 Å². The van der Waals surface area contributed by atoms with Crippen LogP contribution >= 0.6 is 0 Å². The lowest BCUT2D eigenvalue weighted by molar-refractivity contribution is -0.0765. The van der Waals surface area contributed by atoms with Crippen LogP contribution in [0.1, 0.15) is 30.9 Å². The number of benzene rings is 2. The van der Waals surface area contributed by atoms with E-state index in [1.807, 2.05) is 36.4 Å². The van der Waals surface area contributed by atoms with Crippen LogP contribution in [0.25, 0.3) is 0 Å². The van der Waals surface area contributed by atoms with E-state index in [0.29, 0.717) is 12.8 Å². The maximum absolute atomic E-state index is 10.8. The Balaban J connectivity index is 1.96. The fraction of sp³-hybridized carbons (Fsp3) is 0.368. The van der Waals surface area contributed by atoms with Gasteiger partial charge < -0.3 is 10.2 Å². The van der Waals surface area contributed by atoms with Crippen molar-refractivity contribution in [1.82, 2.24) is 0 Å². The average molecular weight is 284 g/mol. The summed E-state index contributed by atoms with van der Waals surface area (Å²) >= 11 is 0. The van der Waals surface area contributed by atoms with Gasteiger partial charge in [0.2, 0.25) is 0 Å². The molecule has 0 spiro atoms. The van der Waals surface area contributed by atoms with E-state index in [4.69, 9.17) is 0 Å². The molecule has 0 fully saturated rings. The summed E-state index contributed by atoms with van der Waals surface area (Å²) in [6.07, 6.45) is 1.96. The zero-order valence-electron chi connectivity index (χ0n) is 12.6. The first-order valence-electron chi connectivity index (χ1n) is 7.58. The van der Waals surface area contributed by atoms with E-state index in [1.54, 1.807) is 6.92 Å². The minimum absolute atomic E-state index is 0.571. The number of aliphatic hydroxyl groups excluding tert-OH is 1. The molecule has 21 heavy (non-hydrogen) atoms. The zero-order chi connectivity index (χ0) is 15.1. The van der Waals surface area contributed by atoms with Crippen molar-refractivity contribution in [3.8, 4) is 0 Å². The van der Waals surface area contributed by atoms with Gasteiger partial charge in [-0.3, -0.25) is 0 Å². The molecule has 2 aromatic rings. The summed E-state index contributed by atoms with van der Waals surface area (Å²) < 4.78 is 0. The molecule has 0 aliphatic rings. The number of hydrogen-bond acceptors (Lipinski definition) is 2. The van der Waals surface area contributed by atoms with Gasteiger partial charge in [-0.1, -0.05) is 60.7 Å². The van der Waals surface area contributed by atoms with Gasteiger partial charge in [-0.05, 0) is 43.7 Å². The predicted molar refractivity (Wildman–Crippen MR) is 86.2 cm³/mol. The molecule has 0 aliphatic carbocycles. The Morgan fingerprint density at radius 1 is 0.810 bits per heavy atom. The van der Waals surface area contributed by atoms with Gasteiger partial charge in [0.1, 0.15) is 0 Å². The molecule has 0 heterocycles. The lowest BCUT2D eigenvalue weighted by atomic mass is 9.85. The van der Waals surface area contributed by atoms with Crippen molar-refractivity contribution >= 4 is 0 Å². The molecule has 0 radical (unpaired) electrons. The van der Waals surface area contributed by atoms with Crippen molar-refractivity contribution < 1.29 is 10.2 Å². The Hall–Kier alpha value is -1.64. The molecular weight excluding hydrogens is 260 g/mol. The highest BCUT2D eigenvalue weighted by atomic mass is 16.3. The van der Waals surface area contributed by atoms with Crippen LogP contribution < -0.4 is 0 Å². The van der Waals surface area contributed by atoms with Gasteiger partial charge in [0.25, 0.3) is 0 Å². The molecule has 2 nitrogen and oxygen atoms in total. The molecule has 1 unspecified atom stereocenters. The Bertz CT molecular complexity index is 476. The van der Waals surface area contributed by atoms with Crippen molar-refractivity contribution in [3.05, 3.63) is 71.8 Å². The summed E-state index contributed by atoms with van der Waals surface area (Å²) in [4.78, 5) is 0. The standard InChI is InChI=1S/C19H24O2/c1-16(20)19(21,14-12-17-8-4-2-5-9-17)15-13-18-10-6-3-7-11-18/h2-11,16,20-21H,12-15H2,1H3. The van der Waals surface area contributed by atoms with Crippen LogP contribution in [0.15, 0.2) is 60.7 Å². The fourth-order valence-electron chi connectivity index (χ4n) is 2.55. The molecule has 0 bridgehead atoms. The molecule has 0 amide bonds. The van der Waals surface area contributed by atoms with Crippen LogP contribution in [0.2, 0.25) is 0 Å². The summed E-state index contributed by atoms with van der Waals surface area (Å²) in [6, 6.07) is 20.2. The van der Waals surface area contributed by atoms with Gasteiger partial charge in [0, 0.05) is 0 Å². The lowest BCUT2D eigenvalue weighted by Crippen LogP contribution is -2.41. The first kappa shape index (κ1) is 15.7. The van der Waals surface area contributed by atoms with Crippen LogP contribution in [0.5, 0.6) is 0 Å². The first-order valence-corrected chi connectivity index (χ1v) is 7.58. The first-order chi connectivity index (χ1) is 10.1. The van der Waals surface area contributed by atoms with Crippen molar-refractivity contribution in [3.63, 3.8) is 0 Å². The molecule has 2 N–H and O–H groups in total. The molecule has 1 atom stereocenters. The quantitative estimate of drug-likeness (QED) is 0.818. The number of rotatable bonds is 7. The Morgan fingerprint density at radius 3 is 1.52 bits per heavy atom. The lowest BCUT2D eigenvalue weighted by Gasteiger charge is -2.31. The van der Waals surface area contributed by atoms with Gasteiger partial charge in [0.15, 0.2) is 0 Å². The van der Waals surface area contributed by atoms with E-state index in [2.05, 4.69) is 24.3 Å². The third kappa shape index (κ3) is 4.69. The monoisotopic (exact) mass is 284 g/mol. The normalized spacial score (nSPS) is 13.1. The summed E-state index contributed by atoms with van der Waals surface area (Å²) in [6.45, 7) is 1.68. The van der Waals surface area contributed by atoms with Gasteiger partial charge in [-0.15, -0.1) is 0 Å². The molecule has 0 saturated heterocycles. The predicted octanol–water partition coefficient (Wildman–Crippen LogP) is 3.36. The molecule has 2 heteroatoms. The van der Waals surface area contributed by atoms with E-state index in [1.165, 1.54) is 11.1 Å². The fourth-order valence-corrected chi connectivity index (χ4v) is 2.55. The van der Waals surface area contributed by atoms with Crippen LogP contribution in [-0.2, 0) is 12.8 Å². The highest BCUT2D eigenvalue weighted by molar-refractivity contribution is 5.17. The maximum Gasteiger partial charge on any atom is 0.0909 e. The number of aliphatic hydroxyl groups is 2. The second kappa shape index (κ2) is 7.39. The third-order valence-corrected chi connectivity index (χ3v) is 4.16. The smallest absolute Gasteiger partial charge is 0.0909 e. The molecule has 2 rings (SSSR count). The summed E-state index contributed by atoms with van der Waals surface area (Å²) in [7, 11) is 0. The van der Waals surface area contributed by atoms with E-state index in [9.17, 15) is 10.2 Å². The minimum Gasteiger partial charge on any atom is -0.390 e. The maximum atomic E-state index is 10.8. The van der Waals surface area contributed by atoms with Crippen LogP contribution in [0, 0.1) is 0 Å². The van der Waals surface area contributed by atoms with Crippen molar-refractivity contribution in [2.75, 3.05) is 0 Å². The van der Waals surface area contributed by atoms with Crippen LogP contribution in [-0.4, -0.2) is 21.9 Å². The third-order valence-electron chi connectivity index (χ3n) is 4.16. The van der Waals surface area contributed by atoms with E-state index >= 15 is 0 Å². The van der Waals surface area contributed by atoms with E-state index in [-0.39, 0.29) is 0 Å². The van der Waals surface area contributed by atoms with Crippen molar-refractivity contribution in [1.29, 1.82) is 0 Å². The van der Waals surface area contributed by atoms with Crippen molar-refractivity contribution in [2.24, 2.45) is 0 Å². The molecule has 0 aromatic heterocycles. The summed E-state index contributed by atoms with van der Waals surface area (Å²) in [5, 5.41) is 20.7. The van der Waals surface area contributed by atoms with E-state index < -0.39 is 11.7 Å². The Labute approximate surface area is 127 Å². The highest BCUT2D eigenvalue weighted by Crippen LogP contribution is 2.25. The SMILES string of the molecule is CC(O)C(O)(CCc1ccccc1)CCc1ccccc1.